The van der Waals surface area contributed by atoms with Gasteiger partial charge in [0, 0.05) is 12.8 Å². The smallest absolute Gasteiger partial charge is 0.305 e. The normalized spacial score (nSPS) is 12.6. The van der Waals surface area contributed by atoms with Gasteiger partial charge in [-0.15, -0.1) is 0 Å². The molecule has 0 radical (unpaired) electrons. The van der Waals surface area contributed by atoms with E-state index in [1.807, 2.05) is 0 Å². The molecule has 6 heteroatoms. The van der Waals surface area contributed by atoms with Gasteiger partial charge < -0.3 is 20.3 Å². The maximum absolute atomic E-state index is 12.4. The number of ether oxygens (including phenoxy) is 1. The van der Waals surface area contributed by atoms with Crippen LogP contribution in [0.3, 0.4) is 0 Å². The Morgan fingerprint density at radius 3 is 1.17 bits per heavy atom. The van der Waals surface area contributed by atoms with Gasteiger partial charge in [0.1, 0.15) is 0 Å². The number of carbonyl (C=O) groups excluding carboxylic acids is 2. The second kappa shape index (κ2) is 42.6. The van der Waals surface area contributed by atoms with Crippen molar-refractivity contribution in [2.24, 2.45) is 0 Å². The van der Waals surface area contributed by atoms with E-state index < -0.39 is 12.1 Å². The third kappa shape index (κ3) is 38.6. The summed E-state index contributed by atoms with van der Waals surface area (Å²) in [5.74, 6) is -0.0849. The minimum atomic E-state index is -0.678. The predicted octanol–water partition coefficient (Wildman–Crippen LogP) is 13.2. The molecule has 0 saturated heterocycles. The molecule has 3 N–H and O–H groups in total. The van der Waals surface area contributed by atoms with E-state index in [4.69, 9.17) is 4.74 Å². The second-order valence-electron chi connectivity index (χ2n) is 16.1. The predicted molar refractivity (Wildman–Crippen MR) is 223 cm³/mol. The Morgan fingerprint density at radius 1 is 0.462 bits per heavy atom. The maximum atomic E-state index is 12.4. The van der Waals surface area contributed by atoms with Crippen LogP contribution in [0.4, 0.5) is 0 Å². The fraction of sp³-hybridized carbons (Fsp3) is 0.957. The zero-order chi connectivity index (χ0) is 38.0. The average molecular weight is 738 g/mol. The zero-order valence-corrected chi connectivity index (χ0v) is 35.1. The molecule has 0 aliphatic rings. The summed E-state index contributed by atoms with van der Waals surface area (Å²) in [6, 6.07) is -0.558. The number of carbonyl (C=O) groups is 2. The van der Waals surface area contributed by atoms with E-state index in [0.29, 0.717) is 25.9 Å². The van der Waals surface area contributed by atoms with Gasteiger partial charge in [-0.3, -0.25) is 9.59 Å². The quantitative estimate of drug-likeness (QED) is 0.0428. The first kappa shape index (κ1) is 50.9. The number of aliphatic hydroxyl groups is 2. The largest absolute Gasteiger partial charge is 0.466 e. The van der Waals surface area contributed by atoms with Crippen LogP contribution in [0.5, 0.6) is 0 Å². The third-order valence-electron chi connectivity index (χ3n) is 10.9. The fourth-order valence-corrected chi connectivity index (χ4v) is 7.29. The van der Waals surface area contributed by atoms with Crippen molar-refractivity contribution in [2.45, 2.75) is 270 Å². The van der Waals surface area contributed by atoms with E-state index in [-0.39, 0.29) is 18.5 Å². The number of rotatable bonds is 43. The summed E-state index contributed by atoms with van der Waals surface area (Å²) in [7, 11) is 0. The van der Waals surface area contributed by atoms with Crippen molar-refractivity contribution >= 4 is 11.9 Å². The number of nitrogens with one attached hydrogen (secondary N) is 1. The molecule has 0 aliphatic heterocycles. The van der Waals surface area contributed by atoms with E-state index in [9.17, 15) is 19.8 Å². The van der Waals surface area contributed by atoms with Crippen LogP contribution in [0.25, 0.3) is 0 Å². The van der Waals surface area contributed by atoms with E-state index in [2.05, 4.69) is 19.2 Å². The van der Waals surface area contributed by atoms with Crippen LogP contribution in [-0.2, 0) is 14.3 Å². The van der Waals surface area contributed by atoms with Crippen LogP contribution in [0.2, 0.25) is 0 Å². The average Bonchev–Trinajstić information content (AvgIpc) is 3.14. The number of aliphatic hydroxyl groups excluding tert-OH is 2. The number of amides is 1. The van der Waals surface area contributed by atoms with Crippen molar-refractivity contribution in [3.05, 3.63) is 0 Å². The highest BCUT2D eigenvalue weighted by molar-refractivity contribution is 5.76. The van der Waals surface area contributed by atoms with Crippen LogP contribution in [0.1, 0.15) is 258 Å². The van der Waals surface area contributed by atoms with Crippen molar-refractivity contribution in [3.63, 3.8) is 0 Å². The number of unbranched alkanes of at least 4 members (excludes halogenated alkanes) is 32. The van der Waals surface area contributed by atoms with Crippen molar-refractivity contribution in [3.8, 4) is 0 Å². The molecule has 1 amide bonds. The molecular formula is C46H91NO5. The van der Waals surface area contributed by atoms with Gasteiger partial charge in [0.05, 0.1) is 25.4 Å². The number of esters is 1. The second-order valence-corrected chi connectivity index (χ2v) is 16.1. The molecule has 0 aromatic carbocycles. The van der Waals surface area contributed by atoms with Gasteiger partial charge in [-0.2, -0.15) is 0 Å². The summed E-state index contributed by atoms with van der Waals surface area (Å²) in [6.07, 6.45) is 44.8. The van der Waals surface area contributed by atoms with Crippen LogP contribution < -0.4 is 5.32 Å². The van der Waals surface area contributed by atoms with Crippen molar-refractivity contribution < 1.29 is 24.5 Å². The summed E-state index contributed by atoms with van der Waals surface area (Å²) >= 11 is 0. The van der Waals surface area contributed by atoms with E-state index in [1.165, 1.54) is 167 Å². The Hall–Kier alpha value is -1.14. The van der Waals surface area contributed by atoms with Gasteiger partial charge in [-0.1, -0.05) is 219 Å². The van der Waals surface area contributed by atoms with Gasteiger partial charge in [0.2, 0.25) is 5.91 Å². The maximum Gasteiger partial charge on any atom is 0.305 e. The lowest BCUT2D eigenvalue weighted by atomic mass is 10.0. The first-order chi connectivity index (χ1) is 25.5. The summed E-state index contributed by atoms with van der Waals surface area (Å²) < 4.78 is 5.44. The number of hydrogen-bond acceptors (Lipinski definition) is 5. The molecule has 0 heterocycles. The Balaban J connectivity index is 3.48. The fourth-order valence-electron chi connectivity index (χ4n) is 7.29. The molecule has 2 atom stereocenters. The monoisotopic (exact) mass is 738 g/mol. The highest BCUT2D eigenvalue weighted by atomic mass is 16.5. The van der Waals surface area contributed by atoms with Gasteiger partial charge in [0.25, 0.3) is 0 Å². The van der Waals surface area contributed by atoms with Gasteiger partial charge >= 0.3 is 5.97 Å². The molecule has 0 aromatic rings. The Kier molecular flexibility index (Phi) is 41.7. The van der Waals surface area contributed by atoms with E-state index in [1.54, 1.807) is 0 Å². The molecule has 0 saturated carbocycles. The van der Waals surface area contributed by atoms with Crippen LogP contribution in [0.15, 0.2) is 0 Å². The molecule has 0 aromatic heterocycles. The van der Waals surface area contributed by atoms with Crippen molar-refractivity contribution in [2.75, 3.05) is 13.2 Å². The molecule has 310 valence electrons. The molecular weight excluding hydrogens is 647 g/mol. The summed E-state index contributed by atoms with van der Waals surface area (Å²) in [5.41, 5.74) is 0. The molecule has 0 bridgehead atoms. The standard InChI is InChI=1S/C46H91NO5/c1-3-5-7-9-11-13-15-17-19-22-26-30-34-38-44(49)43(42-48)47-45(50)39-35-31-27-23-21-25-29-33-37-41-52-46(51)40-36-32-28-24-20-18-16-14-12-10-8-6-4-2/h43-44,48-49H,3-42H2,1-2H3,(H,47,50). The Morgan fingerprint density at radius 2 is 0.788 bits per heavy atom. The minimum Gasteiger partial charge on any atom is -0.466 e. The third-order valence-corrected chi connectivity index (χ3v) is 10.9. The molecule has 0 fully saturated rings. The minimum absolute atomic E-state index is 0.0233. The van der Waals surface area contributed by atoms with Crippen molar-refractivity contribution in [1.29, 1.82) is 0 Å². The van der Waals surface area contributed by atoms with Crippen LogP contribution in [-0.4, -0.2) is 47.4 Å². The van der Waals surface area contributed by atoms with E-state index in [0.717, 1.165) is 57.8 Å². The summed E-state index contributed by atoms with van der Waals surface area (Å²) in [6.45, 7) is 4.89. The first-order valence-electron chi connectivity index (χ1n) is 23.3. The van der Waals surface area contributed by atoms with Gasteiger partial charge in [-0.25, -0.2) is 0 Å². The molecule has 0 spiro atoms. The molecule has 2 unspecified atom stereocenters. The lowest BCUT2D eigenvalue weighted by Crippen LogP contribution is -2.45. The Bertz CT molecular complexity index is 732. The lowest BCUT2D eigenvalue weighted by molar-refractivity contribution is -0.143. The lowest BCUT2D eigenvalue weighted by Gasteiger charge is -2.22. The Labute approximate surface area is 324 Å². The highest BCUT2D eigenvalue weighted by Crippen LogP contribution is 2.16. The summed E-state index contributed by atoms with van der Waals surface area (Å²) in [5, 5.41) is 23.1. The number of hydrogen-bond donors (Lipinski definition) is 3. The SMILES string of the molecule is CCCCCCCCCCCCCCCC(=O)OCCCCCCCCCCCC(=O)NC(CO)C(O)CCCCCCCCCCCCCCC. The first-order valence-corrected chi connectivity index (χ1v) is 23.3. The topological polar surface area (TPSA) is 95.9 Å². The molecule has 52 heavy (non-hydrogen) atoms. The van der Waals surface area contributed by atoms with Crippen molar-refractivity contribution in [1.82, 2.24) is 5.32 Å². The summed E-state index contributed by atoms with van der Waals surface area (Å²) in [4.78, 5) is 24.4. The zero-order valence-electron chi connectivity index (χ0n) is 35.1. The molecule has 6 nitrogen and oxygen atoms in total. The van der Waals surface area contributed by atoms with Crippen LogP contribution >= 0.6 is 0 Å². The van der Waals surface area contributed by atoms with Crippen LogP contribution in [0, 0.1) is 0 Å². The van der Waals surface area contributed by atoms with Gasteiger partial charge in [-0.05, 0) is 25.7 Å². The van der Waals surface area contributed by atoms with E-state index >= 15 is 0 Å². The van der Waals surface area contributed by atoms with Gasteiger partial charge in [0.15, 0.2) is 0 Å². The molecule has 0 aliphatic carbocycles. The highest BCUT2D eigenvalue weighted by Gasteiger charge is 2.20. The molecule has 0 rings (SSSR count).